The van der Waals surface area contributed by atoms with Crippen LogP contribution in [0, 0.1) is 0 Å². The molecule has 0 amide bonds. The molecule has 0 atom stereocenters. The van der Waals surface area contributed by atoms with E-state index in [1.807, 2.05) is 4.52 Å². The summed E-state index contributed by atoms with van der Waals surface area (Å²) in [6, 6.07) is 8.56. The maximum Gasteiger partial charge on any atom is 0.212 e. The Bertz CT molecular complexity index is 666. The van der Waals surface area contributed by atoms with Gasteiger partial charge in [0.15, 0.2) is 5.82 Å². The number of nitrogens with zero attached hydrogens (tertiary/aromatic N) is 3. The molecule has 0 saturated heterocycles. The van der Waals surface area contributed by atoms with Crippen LogP contribution in [0.4, 0.5) is 0 Å². The molecule has 0 fully saturated rings. The lowest BCUT2D eigenvalue weighted by molar-refractivity contribution is 0.876. The van der Waals surface area contributed by atoms with Crippen molar-refractivity contribution in [2.45, 2.75) is 19.9 Å². The monoisotopic (exact) mass is 258 g/mol. The molecule has 0 aliphatic rings. The molecule has 0 aliphatic carbocycles. The molecule has 0 radical (unpaired) electrons. The van der Waals surface area contributed by atoms with E-state index in [9.17, 15) is 0 Å². The second-order valence-corrected chi connectivity index (χ2v) is 4.93. The minimum absolute atomic E-state index is 0.378. The average molecular weight is 258 g/mol. The van der Waals surface area contributed by atoms with Gasteiger partial charge in [0.1, 0.15) is 0 Å². The van der Waals surface area contributed by atoms with Crippen molar-refractivity contribution in [3.05, 3.63) is 41.0 Å². The smallest absolute Gasteiger partial charge is 0.212 e. The molecule has 0 bridgehead atoms. The standard InChI is InChI=1S/C13H14N4S/c1-2-9-3-5-10(6-4-9)11-8-18-13-15-12(7-14)16-17(11)13/h3-6,8H,2,7,14H2,1H3. The van der Waals surface area contributed by atoms with Crippen molar-refractivity contribution in [2.24, 2.45) is 5.73 Å². The maximum absolute atomic E-state index is 5.57. The first-order valence-electron chi connectivity index (χ1n) is 5.94. The third kappa shape index (κ3) is 1.81. The number of thiazole rings is 1. The minimum atomic E-state index is 0.378. The Labute approximate surface area is 109 Å². The van der Waals surface area contributed by atoms with Gasteiger partial charge in [-0.2, -0.15) is 0 Å². The molecule has 18 heavy (non-hydrogen) atoms. The number of hydrogen-bond acceptors (Lipinski definition) is 4. The number of aryl methyl sites for hydroxylation is 1. The summed E-state index contributed by atoms with van der Waals surface area (Å²) in [7, 11) is 0. The molecule has 3 rings (SSSR count). The van der Waals surface area contributed by atoms with E-state index < -0.39 is 0 Å². The maximum atomic E-state index is 5.57. The summed E-state index contributed by atoms with van der Waals surface area (Å²) in [6.07, 6.45) is 1.06. The lowest BCUT2D eigenvalue weighted by Gasteiger charge is -2.00. The Kier molecular flexibility index (Phi) is 2.85. The largest absolute Gasteiger partial charge is 0.324 e. The van der Waals surface area contributed by atoms with Gasteiger partial charge in [0, 0.05) is 10.9 Å². The van der Waals surface area contributed by atoms with Crippen LogP contribution in [0.2, 0.25) is 0 Å². The zero-order valence-electron chi connectivity index (χ0n) is 10.1. The van der Waals surface area contributed by atoms with E-state index in [1.165, 1.54) is 5.56 Å². The molecule has 5 heteroatoms. The van der Waals surface area contributed by atoms with Crippen molar-refractivity contribution >= 4 is 16.3 Å². The number of nitrogens with two attached hydrogens (primary N) is 1. The van der Waals surface area contributed by atoms with E-state index in [0.29, 0.717) is 12.4 Å². The first kappa shape index (κ1) is 11.4. The highest BCUT2D eigenvalue weighted by Gasteiger charge is 2.10. The van der Waals surface area contributed by atoms with Gasteiger partial charge in [-0.15, -0.1) is 16.4 Å². The molecule has 0 unspecified atom stereocenters. The molecule has 4 nitrogen and oxygen atoms in total. The highest BCUT2D eigenvalue weighted by atomic mass is 32.1. The van der Waals surface area contributed by atoms with Gasteiger partial charge in [-0.3, -0.25) is 0 Å². The Morgan fingerprint density at radius 2 is 2.06 bits per heavy atom. The summed E-state index contributed by atoms with van der Waals surface area (Å²) in [5.41, 5.74) is 9.14. The Morgan fingerprint density at radius 3 is 2.72 bits per heavy atom. The first-order valence-corrected chi connectivity index (χ1v) is 6.82. The Balaban J connectivity index is 2.09. The lowest BCUT2D eigenvalue weighted by Crippen LogP contribution is -1.99. The van der Waals surface area contributed by atoms with Crippen LogP contribution in [-0.2, 0) is 13.0 Å². The predicted octanol–water partition coefficient (Wildman–Crippen LogP) is 2.48. The van der Waals surface area contributed by atoms with Gasteiger partial charge in [-0.25, -0.2) is 9.50 Å². The first-order chi connectivity index (χ1) is 8.81. The second-order valence-electron chi connectivity index (χ2n) is 4.10. The van der Waals surface area contributed by atoms with Gasteiger partial charge in [0.25, 0.3) is 0 Å². The number of hydrogen-bond donors (Lipinski definition) is 1. The molecule has 0 saturated carbocycles. The van der Waals surface area contributed by atoms with Crippen LogP contribution in [-0.4, -0.2) is 14.6 Å². The number of aromatic nitrogens is 3. The average Bonchev–Trinajstić information content (AvgIpc) is 2.98. The van der Waals surface area contributed by atoms with Gasteiger partial charge in [-0.1, -0.05) is 31.2 Å². The highest BCUT2D eigenvalue weighted by molar-refractivity contribution is 7.15. The van der Waals surface area contributed by atoms with E-state index in [1.54, 1.807) is 11.3 Å². The summed E-state index contributed by atoms with van der Waals surface area (Å²) >= 11 is 1.59. The molecule has 0 spiro atoms. The van der Waals surface area contributed by atoms with E-state index >= 15 is 0 Å². The number of fused-ring (bicyclic) bond motifs is 1. The summed E-state index contributed by atoms with van der Waals surface area (Å²) in [6.45, 7) is 2.53. The Hall–Kier alpha value is -1.72. The summed E-state index contributed by atoms with van der Waals surface area (Å²) in [4.78, 5) is 5.25. The van der Waals surface area contributed by atoms with Crippen molar-refractivity contribution in [3.8, 4) is 11.3 Å². The predicted molar refractivity (Wildman–Crippen MR) is 73.6 cm³/mol. The van der Waals surface area contributed by atoms with Gasteiger partial charge >= 0.3 is 0 Å². The van der Waals surface area contributed by atoms with Crippen LogP contribution in [0.5, 0.6) is 0 Å². The van der Waals surface area contributed by atoms with Crippen molar-refractivity contribution < 1.29 is 0 Å². The zero-order valence-corrected chi connectivity index (χ0v) is 10.9. The van der Waals surface area contributed by atoms with Crippen LogP contribution >= 0.6 is 11.3 Å². The third-order valence-electron chi connectivity index (χ3n) is 2.97. The normalized spacial score (nSPS) is 11.2. The van der Waals surface area contributed by atoms with Crippen molar-refractivity contribution in [2.75, 3.05) is 0 Å². The van der Waals surface area contributed by atoms with Gasteiger partial charge < -0.3 is 5.73 Å². The SMILES string of the molecule is CCc1ccc(-c2csc3nc(CN)nn23)cc1. The molecular weight excluding hydrogens is 244 g/mol. The van der Waals surface area contributed by atoms with Gasteiger partial charge in [-0.05, 0) is 12.0 Å². The van der Waals surface area contributed by atoms with Crippen LogP contribution in [0.15, 0.2) is 29.6 Å². The highest BCUT2D eigenvalue weighted by Crippen LogP contribution is 2.25. The molecule has 2 N–H and O–H groups in total. The third-order valence-corrected chi connectivity index (χ3v) is 3.78. The summed E-state index contributed by atoms with van der Waals surface area (Å²) < 4.78 is 1.87. The fourth-order valence-corrected chi connectivity index (χ4v) is 2.77. The van der Waals surface area contributed by atoms with Crippen LogP contribution in [0.25, 0.3) is 16.2 Å². The van der Waals surface area contributed by atoms with Crippen LogP contribution in [0.1, 0.15) is 18.3 Å². The van der Waals surface area contributed by atoms with E-state index in [2.05, 4.69) is 46.7 Å². The molecular formula is C13H14N4S. The lowest BCUT2D eigenvalue weighted by atomic mass is 10.1. The van der Waals surface area contributed by atoms with Gasteiger partial charge in [0.05, 0.1) is 12.2 Å². The summed E-state index contributed by atoms with van der Waals surface area (Å²) in [5, 5.41) is 6.48. The number of rotatable bonds is 3. The summed E-state index contributed by atoms with van der Waals surface area (Å²) in [5.74, 6) is 0.688. The van der Waals surface area contributed by atoms with Crippen LogP contribution in [0.3, 0.4) is 0 Å². The van der Waals surface area contributed by atoms with E-state index in [0.717, 1.165) is 22.6 Å². The molecule has 0 aliphatic heterocycles. The van der Waals surface area contributed by atoms with E-state index in [4.69, 9.17) is 5.73 Å². The molecule has 2 heterocycles. The second kappa shape index (κ2) is 4.51. The van der Waals surface area contributed by atoms with Crippen molar-refractivity contribution in [1.29, 1.82) is 0 Å². The molecule has 3 aromatic rings. The van der Waals surface area contributed by atoms with Crippen molar-refractivity contribution in [1.82, 2.24) is 14.6 Å². The molecule has 2 aromatic heterocycles. The zero-order chi connectivity index (χ0) is 12.5. The molecule has 1 aromatic carbocycles. The van der Waals surface area contributed by atoms with Gasteiger partial charge in [0.2, 0.25) is 4.96 Å². The fourth-order valence-electron chi connectivity index (χ4n) is 1.92. The topological polar surface area (TPSA) is 56.2 Å². The minimum Gasteiger partial charge on any atom is -0.324 e. The number of benzene rings is 1. The fraction of sp³-hybridized carbons (Fsp3) is 0.231. The van der Waals surface area contributed by atoms with Crippen molar-refractivity contribution in [3.63, 3.8) is 0 Å². The quantitative estimate of drug-likeness (QED) is 0.785. The molecule has 92 valence electrons. The Morgan fingerprint density at radius 1 is 1.28 bits per heavy atom. The van der Waals surface area contributed by atoms with E-state index in [-0.39, 0.29) is 0 Å². The van der Waals surface area contributed by atoms with Crippen LogP contribution < -0.4 is 5.73 Å².